The lowest BCUT2D eigenvalue weighted by molar-refractivity contribution is 0.0502. The van der Waals surface area contributed by atoms with Gasteiger partial charge in [-0.25, -0.2) is 4.79 Å². The second-order valence-corrected chi connectivity index (χ2v) is 7.21. The normalized spacial score (nSPS) is 19.5. The number of hydrogen-bond donors (Lipinski definition) is 1. The maximum Gasteiger partial charge on any atom is 0.407 e. The van der Waals surface area contributed by atoms with Gasteiger partial charge in [0.05, 0.1) is 11.6 Å². The van der Waals surface area contributed by atoms with E-state index in [4.69, 9.17) is 14.2 Å². The quantitative estimate of drug-likeness (QED) is 0.887. The number of amides is 2. The molecule has 0 saturated carbocycles. The fourth-order valence-electron chi connectivity index (χ4n) is 2.95. The topological polar surface area (TPSA) is 77.1 Å². The van der Waals surface area contributed by atoms with Gasteiger partial charge in [-0.05, 0) is 39.3 Å². The highest BCUT2D eigenvalue weighted by atomic mass is 16.6. The molecule has 1 aromatic carbocycles. The lowest BCUT2D eigenvalue weighted by Gasteiger charge is -2.24. The Bertz CT molecular complexity index is 668. The summed E-state index contributed by atoms with van der Waals surface area (Å²) in [5, 5.41) is 2.82. The van der Waals surface area contributed by atoms with Crippen molar-refractivity contribution in [2.75, 3.05) is 26.3 Å². The summed E-state index contributed by atoms with van der Waals surface area (Å²) < 4.78 is 16.4. The molecule has 2 heterocycles. The van der Waals surface area contributed by atoms with Gasteiger partial charge in [0.15, 0.2) is 11.5 Å². The van der Waals surface area contributed by atoms with Crippen LogP contribution in [-0.2, 0) is 4.74 Å². The van der Waals surface area contributed by atoms with Crippen LogP contribution in [0.5, 0.6) is 11.5 Å². The largest absolute Gasteiger partial charge is 0.486 e. The Kier molecular flexibility index (Phi) is 4.74. The Labute approximate surface area is 147 Å². The lowest BCUT2D eigenvalue weighted by atomic mass is 10.1. The molecule has 136 valence electrons. The summed E-state index contributed by atoms with van der Waals surface area (Å²) in [5.74, 6) is 0.984. The third-order valence-electron chi connectivity index (χ3n) is 3.99. The Morgan fingerprint density at radius 1 is 1.24 bits per heavy atom. The minimum atomic E-state index is -0.543. The molecule has 3 rings (SSSR count). The highest BCUT2D eigenvalue weighted by molar-refractivity contribution is 5.98. The van der Waals surface area contributed by atoms with Crippen molar-refractivity contribution in [2.45, 2.75) is 38.8 Å². The van der Waals surface area contributed by atoms with E-state index in [1.807, 2.05) is 20.8 Å². The van der Waals surface area contributed by atoms with Gasteiger partial charge < -0.3 is 24.4 Å². The zero-order valence-electron chi connectivity index (χ0n) is 14.8. The molecule has 0 radical (unpaired) electrons. The zero-order valence-corrected chi connectivity index (χ0v) is 14.8. The van der Waals surface area contributed by atoms with Crippen molar-refractivity contribution in [1.29, 1.82) is 0 Å². The van der Waals surface area contributed by atoms with Crippen molar-refractivity contribution in [1.82, 2.24) is 10.2 Å². The molecular formula is C18H24N2O5. The smallest absolute Gasteiger partial charge is 0.407 e. The number of nitrogens with zero attached hydrogens (tertiary/aromatic N) is 1. The number of nitrogens with one attached hydrogen (secondary N) is 1. The highest BCUT2D eigenvalue weighted by Gasteiger charge is 2.31. The number of carbonyl (C=O) groups is 2. The molecule has 1 atom stereocenters. The van der Waals surface area contributed by atoms with E-state index in [-0.39, 0.29) is 11.9 Å². The predicted molar refractivity (Wildman–Crippen MR) is 91.1 cm³/mol. The van der Waals surface area contributed by atoms with Gasteiger partial charge in [0.2, 0.25) is 0 Å². The Morgan fingerprint density at radius 2 is 2.00 bits per heavy atom. The molecule has 0 bridgehead atoms. The van der Waals surface area contributed by atoms with E-state index in [0.717, 1.165) is 0 Å². The number of carbonyl (C=O) groups excluding carboxylic acids is 2. The number of fused-ring (bicyclic) bond motifs is 1. The minimum Gasteiger partial charge on any atom is -0.486 e. The molecule has 0 spiro atoms. The van der Waals surface area contributed by atoms with E-state index < -0.39 is 11.7 Å². The maximum absolute atomic E-state index is 12.8. The molecule has 1 fully saturated rings. The first-order valence-corrected chi connectivity index (χ1v) is 8.51. The van der Waals surface area contributed by atoms with Crippen LogP contribution in [0.3, 0.4) is 0 Å². The van der Waals surface area contributed by atoms with Crippen LogP contribution in [0.25, 0.3) is 0 Å². The van der Waals surface area contributed by atoms with Crippen molar-refractivity contribution in [2.24, 2.45) is 0 Å². The van der Waals surface area contributed by atoms with Crippen molar-refractivity contribution < 1.29 is 23.8 Å². The molecule has 1 N–H and O–H groups in total. The molecule has 7 nitrogen and oxygen atoms in total. The van der Waals surface area contributed by atoms with Crippen LogP contribution in [0.15, 0.2) is 18.2 Å². The van der Waals surface area contributed by atoms with Crippen LogP contribution in [0.4, 0.5) is 4.79 Å². The molecular weight excluding hydrogens is 324 g/mol. The average molecular weight is 348 g/mol. The number of likely N-dealkylation sites (tertiary alicyclic amines) is 1. The zero-order chi connectivity index (χ0) is 18.0. The van der Waals surface area contributed by atoms with Crippen molar-refractivity contribution in [3.63, 3.8) is 0 Å². The van der Waals surface area contributed by atoms with E-state index in [1.54, 1.807) is 23.1 Å². The standard InChI is InChI=1S/C18H24N2O5/c1-18(2,3)25-17(22)19-12-7-8-20(11-12)16(21)13-5-4-6-14-15(13)24-10-9-23-14/h4-6,12H,7-11H2,1-3H3,(H,19,22)/t12-/m1/s1. The third kappa shape index (κ3) is 4.15. The van der Waals surface area contributed by atoms with E-state index >= 15 is 0 Å². The third-order valence-corrected chi connectivity index (χ3v) is 3.99. The molecule has 2 aliphatic rings. The Hall–Kier alpha value is -2.44. The number of ether oxygens (including phenoxy) is 3. The lowest BCUT2D eigenvalue weighted by Crippen LogP contribution is -2.41. The molecule has 1 saturated heterocycles. The van der Waals surface area contributed by atoms with Gasteiger partial charge >= 0.3 is 6.09 Å². The van der Waals surface area contributed by atoms with Gasteiger partial charge in [-0.2, -0.15) is 0 Å². The summed E-state index contributed by atoms with van der Waals surface area (Å²) in [6.07, 6.45) is 0.234. The van der Waals surface area contributed by atoms with E-state index in [1.165, 1.54) is 0 Å². The Balaban J connectivity index is 1.63. The van der Waals surface area contributed by atoms with Crippen molar-refractivity contribution in [3.8, 4) is 11.5 Å². The summed E-state index contributed by atoms with van der Waals surface area (Å²) in [5.41, 5.74) is -0.0475. The average Bonchev–Trinajstić information content (AvgIpc) is 3.00. The highest BCUT2D eigenvalue weighted by Crippen LogP contribution is 2.34. The molecule has 1 aromatic rings. The monoisotopic (exact) mass is 348 g/mol. The summed E-state index contributed by atoms with van der Waals surface area (Å²) >= 11 is 0. The Morgan fingerprint density at radius 3 is 2.76 bits per heavy atom. The number of para-hydroxylation sites is 1. The first-order valence-electron chi connectivity index (χ1n) is 8.51. The molecule has 2 amide bonds. The number of hydrogen-bond acceptors (Lipinski definition) is 5. The van der Waals surface area contributed by atoms with Gasteiger partial charge in [0.25, 0.3) is 5.91 Å². The second-order valence-electron chi connectivity index (χ2n) is 7.21. The summed E-state index contributed by atoms with van der Waals surface area (Å²) in [7, 11) is 0. The fraction of sp³-hybridized carbons (Fsp3) is 0.556. The van der Waals surface area contributed by atoms with Crippen LogP contribution < -0.4 is 14.8 Å². The predicted octanol–water partition coefficient (Wildman–Crippen LogP) is 2.20. The van der Waals surface area contributed by atoms with Crippen LogP contribution >= 0.6 is 0 Å². The van der Waals surface area contributed by atoms with E-state index in [2.05, 4.69) is 5.32 Å². The van der Waals surface area contributed by atoms with Crippen LogP contribution in [0.1, 0.15) is 37.6 Å². The molecule has 2 aliphatic heterocycles. The van der Waals surface area contributed by atoms with E-state index in [9.17, 15) is 9.59 Å². The molecule has 0 aliphatic carbocycles. The molecule has 0 aromatic heterocycles. The van der Waals surface area contributed by atoms with Crippen LogP contribution in [0, 0.1) is 0 Å². The van der Waals surface area contributed by atoms with Gasteiger partial charge in [-0.1, -0.05) is 6.07 Å². The summed E-state index contributed by atoms with van der Waals surface area (Å²) in [6, 6.07) is 5.20. The number of benzene rings is 1. The van der Waals surface area contributed by atoms with Crippen molar-refractivity contribution in [3.05, 3.63) is 23.8 Å². The number of alkyl carbamates (subject to hydrolysis) is 1. The van der Waals surface area contributed by atoms with Gasteiger partial charge in [-0.3, -0.25) is 4.79 Å². The van der Waals surface area contributed by atoms with Gasteiger partial charge in [0, 0.05) is 13.1 Å². The van der Waals surface area contributed by atoms with Crippen LogP contribution in [-0.4, -0.2) is 54.8 Å². The van der Waals surface area contributed by atoms with Crippen molar-refractivity contribution >= 4 is 12.0 Å². The van der Waals surface area contributed by atoms with Gasteiger partial charge in [0.1, 0.15) is 18.8 Å². The maximum atomic E-state index is 12.8. The SMILES string of the molecule is CC(C)(C)OC(=O)N[C@@H]1CCN(C(=O)c2cccc3c2OCCO3)C1. The van der Waals surface area contributed by atoms with E-state index in [0.29, 0.717) is 49.8 Å². The first-order chi connectivity index (χ1) is 11.8. The van der Waals surface area contributed by atoms with Gasteiger partial charge in [-0.15, -0.1) is 0 Å². The molecule has 25 heavy (non-hydrogen) atoms. The van der Waals surface area contributed by atoms with Crippen LogP contribution in [0.2, 0.25) is 0 Å². The minimum absolute atomic E-state index is 0.115. The summed E-state index contributed by atoms with van der Waals surface area (Å²) in [4.78, 5) is 26.4. The first kappa shape index (κ1) is 17.4. The number of rotatable bonds is 2. The fourth-order valence-corrected chi connectivity index (χ4v) is 2.95. The summed E-state index contributed by atoms with van der Waals surface area (Å²) in [6.45, 7) is 7.38. The second kappa shape index (κ2) is 6.82. The molecule has 0 unspecified atom stereocenters. The molecule has 7 heteroatoms.